The second-order valence-electron chi connectivity index (χ2n) is 8.10. The van der Waals surface area contributed by atoms with Gasteiger partial charge in [0.15, 0.2) is 11.8 Å². The molecule has 3 aliphatic rings. The van der Waals surface area contributed by atoms with Crippen LogP contribution >= 0.6 is 0 Å². The van der Waals surface area contributed by atoms with Crippen molar-refractivity contribution >= 4 is 11.8 Å². The summed E-state index contributed by atoms with van der Waals surface area (Å²) >= 11 is 0. The second-order valence-corrected chi connectivity index (χ2v) is 8.10. The topological polar surface area (TPSA) is 70.1 Å². The predicted molar refractivity (Wildman–Crippen MR) is 106 cm³/mol. The minimum absolute atomic E-state index is 0.0198. The first kappa shape index (κ1) is 18.3. The molecule has 3 aliphatic heterocycles. The third kappa shape index (κ3) is 2.94. The number of rotatable bonds is 2. The number of benzene rings is 2. The van der Waals surface area contributed by atoms with Crippen LogP contribution in [0, 0.1) is 0 Å². The smallest absolute Gasteiger partial charge is 0.257 e. The average molecular weight is 392 g/mol. The van der Waals surface area contributed by atoms with E-state index in [1.807, 2.05) is 48.5 Å². The normalized spacial score (nSPS) is 28.0. The highest BCUT2D eigenvalue weighted by molar-refractivity contribution is 5.95. The average Bonchev–Trinajstić information content (AvgIpc) is 3.24. The molecule has 0 aliphatic carbocycles. The minimum atomic E-state index is -0.938. The van der Waals surface area contributed by atoms with E-state index in [4.69, 9.17) is 4.74 Å². The van der Waals surface area contributed by atoms with Gasteiger partial charge in [-0.05, 0) is 17.7 Å². The third-order valence-electron chi connectivity index (χ3n) is 6.44. The molecule has 3 heterocycles. The van der Waals surface area contributed by atoms with E-state index in [0.29, 0.717) is 37.9 Å². The van der Waals surface area contributed by atoms with Crippen molar-refractivity contribution in [1.29, 1.82) is 0 Å². The molecule has 1 N–H and O–H groups in total. The van der Waals surface area contributed by atoms with Gasteiger partial charge in [-0.2, -0.15) is 0 Å². The lowest BCUT2D eigenvalue weighted by Gasteiger charge is -2.37. The van der Waals surface area contributed by atoms with Gasteiger partial charge in [-0.1, -0.05) is 48.5 Å². The van der Waals surface area contributed by atoms with Crippen LogP contribution in [0.1, 0.15) is 41.2 Å². The Morgan fingerprint density at radius 2 is 1.62 bits per heavy atom. The first-order valence-electron chi connectivity index (χ1n) is 10.2. The molecule has 0 bridgehead atoms. The lowest BCUT2D eigenvalue weighted by molar-refractivity contribution is -0.144. The number of piperidine rings is 1. The zero-order valence-corrected chi connectivity index (χ0v) is 16.1. The third-order valence-corrected chi connectivity index (χ3v) is 6.44. The quantitative estimate of drug-likeness (QED) is 0.852. The van der Waals surface area contributed by atoms with Gasteiger partial charge < -0.3 is 19.6 Å². The van der Waals surface area contributed by atoms with Crippen LogP contribution in [0.3, 0.4) is 0 Å². The summed E-state index contributed by atoms with van der Waals surface area (Å²) in [5.74, 6) is -0.0756. The number of likely N-dealkylation sites (tertiary alicyclic amines) is 1. The van der Waals surface area contributed by atoms with Crippen LogP contribution in [-0.2, 0) is 9.53 Å². The molecule has 150 valence electrons. The molecule has 2 aromatic rings. The number of amides is 2. The summed E-state index contributed by atoms with van der Waals surface area (Å²) < 4.78 is 6.21. The molecular formula is C23H24N2O4. The summed E-state index contributed by atoms with van der Waals surface area (Å²) in [6.07, 6.45) is 0.0726. The summed E-state index contributed by atoms with van der Waals surface area (Å²) in [4.78, 5) is 29.7. The first-order valence-corrected chi connectivity index (χ1v) is 10.2. The van der Waals surface area contributed by atoms with Gasteiger partial charge in [-0.25, -0.2) is 0 Å². The Kier molecular flexibility index (Phi) is 4.41. The van der Waals surface area contributed by atoms with E-state index in [9.17, 15) is 14.7 Å². The SMILES string of the molecule is O=C(c1ccccc1)N1CCC2(CC1)O[C@@H]1[C@@H](O)C[C@@H](c3ccccc3)N1C2=O. The van der Waals surface area contributed by atoms with Crippen molar-refractivity contribution in [2.24, 2.45) is 0 Å². The fourth-order valence-corrected chi connectivity index (χ4v) is 4.87. The van der Waals surface area contributed by atoms with Gasteiger partial charge >= 0.3 is 0 Å². The predicted octanol–water partition coefficient (Wildman–Crippen LogP) is 2.35. The first-order chi connectivity index (χ1) is 14.1. The zero-order chi connectivity index (χ0) is 20.0. The summed E-state index contributed by atoms with van der Waals surface area (Å²) in [6.45, 7) is 0.929. The van der Waals surface area contributed by atoms with E-state index in [2.05, 4.69) is 0 Å². The van der Waals surface area contributed by atoms with Crippen LogP contribution < -0.4 is 0 Å². The lowest BCUT2D eigenvalue weighted by Crippen LogP contribution is -2.51. The molecule has 6 nitrogen and oxygen atoms in total. The van der Waals surface area contributed by atoms with Crippen molar-refractivity contribution in [3.8, 4) is 0 Å². The van der Waals surface area contributed by atoms with E-state index >= 15 is 0 Å². The summed E-state index contributed by atoms with van der Waals surface area (Å²) in [5, 5.41) is 10.6. The van der Waals surface area contributed by atoms with Crippen LogP contribution in [0.5, 0.6) is 0 Å². The van der Waals surface area contributed by atoms with Crippen LogP contribution in [0.2, 0.25) is 0 Å². The van der Waals surface area contributed by atoms with E-state index in [-0.39, 0.29) is 17.9 Å². The van der Waals surface area contributed by atoms with Crippen LogP contribution in [0.25, 0.3) is 0 Å². The number of carbonyl (C=O) groups excluding carboxylic acids is 2. The van der Waals surface area contributed by atoms with Gasteiger partial charge in [0.25, 0.3) is 11.8 Å². The molecule has 3 fully saturated rings. The van der Waals surface area contributed by atoms with E-state index in [0.717, 1.165) is 5.56 Å². The van der Waals surface area contributed by atoms with Crippen molar-refractivity contribution in [2.45, 2.75) is 43.2 Å². The highest BCUT2D eigenvalue weighted by atomic mass is 16.6. The Bertz CT molecular complexity index is 909. The molecule has 2 aromatic carbocycles. The van der Waals surface area contributed by atoms with E-state index in [1.165, 1.54) is 0 Å². The molecule has 2 amide bonds. The number of carbonyl (C=O) groups is 2. The minimum Gasteiger partial charge on any atom is -0.388 e. The number of nitrogens with zero attached hydrogens (tertiary/aromatic N) is 2. The molecule has 3 atom stereocenters. The van der Waals surface area contributed by atoms with Gasteiger partial charge in [-0.3, -0.25) is 9.59 Å². The maximum atomic E-state index is 13.4. The molecule has 3 saturated heterocycles. The van der Waals surface area contributed by atoms with Crippen LogP contribution in [-0.4, -0.2) is 57.7 Å². The fourth-order valence-electron chi connectivity index (χ4n) is 4.87. The Morgan fingerprint density at radius 1 is 1.00 bits per heavy atom. The maximum absolute atomic E-state index is 13.4. The van der Waals surface area contributed by atoms with Crippen molar-refractivity contribution in [3.05, 3.63) is 71.8 Å². The summed E-state index contributed by atoms with van der Waals surface area (Å²) in [6, 6.07) is 18.8. The Labute approximate surface area is 169 Å². The van der Waals surface area contributed by atoms with Crippen LogP contribution in [0.4, 0.5) is 0 Å². The molecule has 29 heavy (non-hydrogen) atoms. The van der Waals surface area contributed by atoms with Crippen molar-refractivity contribution in [1.82, 2.24) is 9.80 Å². The number of hydrogen-bond donors (Lipinski definition) is 1. The van der Waals surface area contributed by atoms with Gasteiger partial charge in [0.1, 0.15) is 6.10 Å². The zero-order valence-electron chi connectivity index (χ0n) is 16.1. The lowest BCUT2D eigenvalue weighted by atomic mass is 9.89. The van der Waals surface area contributed by atoms with Crippen molar-refractivity contribution < 1.29 is 19.4 Å². The Morgan fingerprint density at radius 3 is 2.28 bits per heavy atom. The maximum Gasteiger partial charge on any atom is 0.257 e. The summed E-state index contributed by atoms with van der Waals surface area (Å²) in [7, 11) is 0. The Hall–Kier alpha value is -2.70. The largest absolute Gasteiger partial charge is 0.388 e. The highest BCUT2D eigenvalue weighted by Crippen LogP contribution is 2.47. The van der Waals surface area contributed by atoms with Crippen LogP contribution in [0.15, 0.2) is 60.7 Å². The van der Waals surface area contributed by atoms with Crippen molar-refractivity contribution in [2.75, 3.05) is 13.1 Å². The molecule has 0 aromatic heterocycles. The molecule has 0 unspecified atom stereocenters. The number of ether oxygens (including phenoxy) is 1. The fraction of sp³-hybridized carbons (Fsp3) is 0.391. The molecule has 6 heteroatoms. The number of aliphatic hydroxyl groups is 1. The standard InChI is InChI=1S/C23H24N2O4/c26-19-15-18(16-7-3-1-4-8-16)25-21(19)29-23(22(25)28)11-13-24(14-12-23)20(27)17-9-5-2-6-10-17/h1-10,18-19,21,26H,11-15H2/t18-,19-,21+/m0/s1. The number of hydrogen-bond acceptors (Lipinski definition) is 4. The molecular weight excluding hydrogens is 368 g/mol. The Balaban J connectivity index is 1.33. The van der Waals surface area contributed by atoms with E-state index in [1.54, 1.807) is 21.9 Å². The van der Waals surface area contributed by atoms with Gasteiger partial charge in [0, 0.05) is 37.9 Å². The van der Waals surface area contributed by atoms with Gasteiger partial charge in [0.05, 0.1) is 6.04 Å². The molecule has 5 rings (SSSR count). The van der Waals surface area contributed by atoms with Gasteiger partial charge in [-0.15, -0.1) is 0 Å². The van der Waals surface area contributed by atoms with Crippen molar-refractivity contribution in [3.63, 3.8) is 0 Å². The second kappa shape index (κ2) is 6.97. The van der Waals surface area contributed by atoms with Gasteiger partial charge in [0.2, 0.25) is 0 Å². The monoisotopic (exact) mass is 392 g/mol. The number of aliphatic hydroxyl groups excluding tert-OH is 1. The number of fused-ring (bicyclic) bond motifs is 1. The summed E-state index contributed by atoms with van der Waals surface area (Å²) in [5.41, 5.74) is 0.731. The molecule has 1 spiro atoms. The molecule has 0 saturated carbocycles. The van der Waals surface area contributed by atoms with E-state index < -0.39 is 17.9 Å². The highest BCUT2D eigenvalue weighted by Gasteiger charge is 2.60. The molecule has 0 radical (unpaired) electrons.